The van der Waals surface area contributed by atoms with Gasteiger partial charge in [-0.3, -0.25) is 4.55 Å². The van der Waals surface area contributed by atoms with E-state index in [-0.39, 0.29) is 35.2 Å². The fraction of sp³-hybridized carbons (Fsp3) is 0. The van der Waals surface area contributed by atoms with Gasteiger partial charge in [0.2, 0.25) is 0 Å². The molecule has 0 spiro atoms. The Morgan fingerprint density at radius 1 is 1.38 bits per heavy atom. The third kappa shape index (κ3) is 3.09. The molecule has 16 heavy (non-hydrogen) atoms. The molecule has 0 heterocycles. The molecule has 0 fully saturated rings. The zero-order valence-electron chi connectivity index (χ0n) is 8.17. The Balaban J connectivity index is 0.00000225. The molecule has 7 nitrogen and oxygen atoms in total. The van der Waals surface area contributed by atoms with E-state index in [1.54, 1.807) is 0 Å². The van der Waals surface area contributed by atoms with Crippen molar-refractivity contribution in [2.45, 2.75) is 4.90 Å². The first-order valence-corrected chi connectivity index (χ1v) is 4.99. The largest absolute Gasteiger partial charge is 1.00 e. The molecule has 0 amide bonds. The van der Waals surface area contributed by atoms with Crippen LogP contribution >= 0.6 is 0 Å². The van der Waals surface area contributed by atoms with E-state index < -0.39 is 32.3 Å². The maximum Gasteiger partial charge on any atom is 1.00 e. The minimum Gasteiger partial charge on any atom is -0.871 e. The van der Waals surface area contributed by atoms with Gasteiger partial charge in [0, 0.05) is 5.69 Å². The minimum atomic E-state index is -4.77. The van der Waals surface area contributed by atoms with Crippen LogP contribution in [0.25, 0.3) is 0 Å². The third-order valence-electron chi connectivity index (χ3n) is 1.59. The summed E-state index contributed by atoms with van der Waals surface area (Å²) >= 11 is 0. The number of benzene rings is 1. The van der Waals surface area contributed by atoms with E-state index in [0.29, 0.717) is 6.07 Å². The van der Waals surface area contributed by atoms with Gasteiger partial charge in [-0.05, 0) is 12.1 Å². The fourth-order valence-electron chi connectivity index (χ4n) is 0.974. The maximum absolute atomic E-state index is 11.2. The Morgan fingerprint density at radius 2 is 1.88 bits per heavy atom. The van der Waals surface area contributed by atoms with E-state index in [1.165, 1.54) is 0 Å². The quantitative estimate of drug-likeness (QED) is 0.280. The second-order valence-electron chi connectivity index (χ2n) is 2.68. The van der Waals surface area contributed by atoms with Gasteiger partial charge in [0.1, 0.15) is 0 Å². The monoisotopic (exact) mass is 255 g/mol. The molecular formula is C7H6NNaO6S. The molecule has 1 aromatic carbocycles. The standard InChI is InChI=1S/C7H7NO6S.Na/c8-3-1-4(7(10)11)6(9)5(2-3)15(12,13)14;/h1-2,9H,8H2,(H,10,11)(H,12,13,14);/q;+1/p-1. The molecule has 0 aliphatic heterocycles. The number of anilines is 1. The van der Waals surface area contributed by atoms with E-state index in [1.807, 2.05) is 0 Å². The summed E-state index contributed by atoms with van der Waals surface area (Å²) in [6.07, 6.45) is 0. The number of hydrogen-bond acceptors (Lipinski definition) is 5. The van der Waals surface area contributed by atoms with E-state index in [4.69, 9.17) is 15.4 Å². The summed E-state index contributed by atoms with van der Waals surface area (Å²) in [6, 6.07) is 1.52. The van der Waals surface area contributed by atoms with Gasteiger partial charge in [-0.2, -0.15) is 8.42 Å². The predicted molar refractivity (Wildman–Crippen MR) is 47.1 cm³/mol. The number of nitrogens with two attached hydrogens (primary N) is 1. The van der Waals surface area contributed by atoms with E-state index >= 15 is 0 Å². The Morgan fingerprint density at radius 3 is 2.25 bits per heavy atom. The summed E-state index contributed by atoms with van der Waals surface area (Å²) in [5.74, 6) is -2.91. The Labute approximate surface area is 113 Å². The molecular weight excluding hydrogens is 249 g/mol. The molecule has 0 unspecified atom stereocenters. The average molecular weight is 255 g/mol. The van der Waals surface area contributed by atoms with Crippen LogP contribution in [-0.4, -0.2) is 24.0 Å². The number of rotatable bonds is 2. The number of carboxylic acids is 1. The van der Waals surface area contributed by atoms with Gasteiger partial charge < -0.3 is 15.9 Å². The van der Waals surface area contributed by atoms with Crippen molar-refractivity contribution in [3.63, 3.8) is 0 Å². The topological polar surface area (TPSA) is 141 Å². The molecule has 1 rings (SSSR count). The number of carboxylic acid groups (broad SMARTS) is 1. The molecule has 0 saturated heterocycles. The van der Waals surface area contributed by atoms with Crippen molar-refractivity contribution in [3.8, 4) is 5.75 Å². The average Bonchev–Trinajstić information content (AvgIpc) is 2.06. The Hall–Kier alpha value is -0.800. The predicted octanol–water partition coefficient (Wildman–Crippen LogP) is -3.71. The van der Waals surface area contributed by atoms with Crippen LogP contribution in [0, 0.1) is 0 Å². The van der Waals surface area contributed by atoms with E-state index in [0.717, 1.165) is 6.07 Å². The van der Waals surface area contributed by atoms with Crippen LogP contribution in [0.3, 0.4) is 0 Å². The second-order valence-corrected chi connectivity index (χ2v) is 4.07. The molecule has 0 saturated carbocycles. The van der Waals surface area contributed by atoms with Gasteiger partial charge in [-0.15, -0.1) is 0 Å². The molecule has 4 N–H and O–H groups in total. The van der Waals surface area contributed by atoms with Gasteiger partial charge in [-0.1, -0.05) is 5.75 Å². The van der Waals surface area contributed by atoms with Crippen molar-refractivity contribution in [3.05, 3.63) is 17.7 Å². The number of hydrogen-bond donors (Lipinski definition) is 3. The second kappa shape index (κ2) is 5.02. The minimum absolute atomic E-state index is 0. The van der Waals surface area contributed by atoms with Crippen molar-refractivity contribution in [1.29, 1.82) is 0 Å². The van der Waals surface area contributed by atoms with Gasteiger partial charge >= 0.3 is 35.5 Å². The van der Waals surface area contributed by atoms with Gasteiger partial charge in [0.25, 0.3) is 10.1 Å². The van der Waals surface area contributed by atoms with Gasteiger partial charge in [0.05, 0.1) is 10.5 Å². The molecule has 0 bridgehead atoms. The first kappa shape index (κ1) is 15.2. The van der Waals surface area contributed by atoms with Crippen LogP contribution in [0.1, 0.15) is 10.4 Å². The number of carbonyl (C=O) groups is 1. The SMILES string of the molecule is Nc1cc(C(=O)O)c([O-])c(S(=O)(=O)O)c1.[Na+]. The molecule has 82 valence electrons. The summed E-state index contributed by atoms with van der Waals surface area (Å²) in [5.41, 5.74) is 4.15. The Bertz CT molecular complexity index is 526. The van der Waals surface area contributed by atoms with Crippen LogP contribution in [0.15, 0.2) is 17.0 Å². The molecule has 0 aromatic heterocycles. The van der Waals surface area contributed by atoms with Crippen LogP contribution in [0.2, 0.25) is 0 Å². The zero-order chi connectivity index (χ0) is 11.8. The van der Waals surface area contributed by atoms with Crippen LogP contribution in [0.4, 0.5) is 5.69 Å². The molecule has 0 atom stereocenters. The van der Waals surface area contributed by atoms with Crippen molar-refractivity contribution in [2.75, 3.05) is 5.73 Å². The summed E-state index contributed by atoms with van der Waals surface area (Å²) in [5, 5.41) is 19.8. The summed E-state index contributed by atoms with van der Waals surface area (Å²) in [4.78, 5) is 9.48. The zero-order valence-corrected chi connectivity index (χ0v) is 11.0. The third-order valence-corrected chi connectivity index (χ3v) is 2.44. The van der Waals surface area contributed by atoms with Crippen LogP contribution in [-0.2, 0) is 10.1 Å². The summed E-state index contributed by atoms with van der Waals surface area (Å²) in [7, 11) is -4.77. The maximum atomic E-state index is 11.2. The van der Waals surface area contributed by atoms with E-state index in [9.17, 15) is 18.3 Å². The first-order valence-electron chi connectivity index (χ1n) is 3.55. The fourth-order valence-corrected chi connectivity index (χ4v) is 1.60. The molecule has 0 radical (unpaired) electrons. The molecule has 0 aliphatic carbocycles. The number of aromatic carboxylic acids is 1. The molecule has 1 aromatic rings. The molecule has 9 heteroatoms. The summed E-state index contributed by atoms with van der Waals surface area (Å²) < 4.78 is 30.0. The van der Waals surface area contributed by atoms with Gasteiger partial charge in [0.15, 0.2) is 0 Å². The Kier molecular flexibility index (Phi) is 4.77. The van der Waals surface area contributed by atoms with Crippen LogP contribution < -0.4 is 40.4 Å². The molecule has 0 aliphatic rings. The van der Waals surface area contributed by atoms with Crippen LogP contribution in [0.5, 0.6) is 5.75 Å². The smallest absolute Gasteiger partial charge is 0.871 e. The van der Waals surface area contributed by atoms with Crippen molar-refractivity contribution < 1.29 is 57.5 Å². The van der Waals surface area contributed by atoms with Crippen molar-refractivity contribution in [2.24, 2.45) is 0 Å². The van der Waals surface area contributed by atoms with Gasteiger partial charge in [-0.25, -0.2) is 4.79 Å². The van der Waals surface area contributed by atoms with Crippen molar-refractivity contribution in [1.82, 2.24) is 0 Å². The normalized spacial score (nSPS) is 10.6. The summed E-state index contributed by atoms with van der Waals surface area (Å²) in [6.45, 7) is 0. The first-order chi connectivity index (χ1) is 6.73. The number of nitrogen functional groups attached to an aromatic ring is 1. The van der Waals surface area contributed by atoms with E-state index in [2.05, 4.69) is 0 Å². The van der Waals surface area contributed by atoms with Crippen molar-refractivity contribution >= 4 is 21.8 Å².